The van der Waals surface area contributed by atoms with Crippen molar-refractivity contribution in [3.63, 3.8) is 0 Å². The van der Waals surface area contributed by atoms with Gasteiger partial charge in [-0.05, 0) is 25.1 Å². The standard InChI is InChI=1S/C17H18N6O3S2/c1-10-11(6-7-26-10)16-21-22-17(23(16)19)28-9-15(25)20-12-4-2-3-5-13(12)27-8-14(18)24/h2-7H,8-9,19H2,1H3,(H2,18,24)(H,20,25). The van der Waals surface area contributed by atoms with Gasteiger partial charge in [0.15, 0.2) is 5.82 Å². The minimum absolute atomic E-state index is 0.0918. The molecule has 0 atom stereocenters. The molecule has 0 aliphatic heterocycles. The lowest BCUT2D eigenvalue weighted by molar-refractivity contribution is -0.115. The highest BCUT2D eigenvalue weighted by Crippen LogP contribution is 2.28. The molecule has 0 saturated carbocycles. The number of aryl methyl sites for hydroxylation is 1. The van der Waals surface area contributed by atoms with Crippen molar-refractivity contribution in [3.8, 4) is 11.4 Å². The summed E-state index contributed by atoms with van der Waals surface area (Å²) < 4.78 is 6.58. The zero-order valence-electron chi connectivity index (χ0n) is 14.9. The van der Waals surface area contributed by atoms with Crippen LogP contribution in [-0.4, -0.2) is 38.2 Å². The fourth-order valence-corrected chi connectivity index (χ4v) is 3.74. The van der Waals surface area contributed by atoms with Crippen molar-refractivity contribution in [2.45, 2.75) is 17.0 Å². The minimum atomic E-state index is -0.423. The van der Waals surface area contributed by atoms with E-state index in [2.05, 4.69) is 15.5 Å². The van der Waals surface area contributed by atoms with Crippen molar-refractivity contribution in [2.75, 3.05) is 22.7 Å². The van der Waals surface area contributed by atoms with Gasteiger partial charge in [0.25, 0.3) is 0 Å². The van der Waals surface area contributed by atoms with Crippen molar-refractivity contribution < 1.29 is 14.0 Å². The zero-order chi connectivity index (χ0) is 20.1. The molecule has 0 radical (unpaired) electrons. The lowest BCUT2D eigenvalue weighted by atomic mass is 10.2. The Hall–Kier alpha value is -2.92. The second kappa shape index (κ2) is 8.85. The maximum absolute atomic E-state index is 12.3. The first-order valence-electron chi connectivity index (χ1n) is 8.13. The third kappa shape index (κ3) is 4.67. The maximum atomic E-state index is 12.3. The van der Waals surface area contributed by atoms with Gasteiger partial charge in [0.05, 0.1) is 29.0 Å². The quantitative estimate of drug-likeness (QED) is 0.372. The Labute approximate surface area is 169 Å². The molecule has 2 heterocycles. The first-order chi connectivity index (χ1) is 13.5. The van der Waals surface area contributed by atoms with Gasteiger partial charge in [0.2, 0.25) is 17.0 Å². The number of carbonyl (C=O) groups is 2. The average Bonchev–Trinajstić information content (AvgIpc) is 3.24. The Morgan fingerprint density at radius 3 is 2.68 bits per heavy atom. The Morgan fingerprint density at radius 1 is 1.18 bits per heavy atom. The summed E-state index contributed by atoms with van der Waals surface area (Å²) in [6.45, 7) is 1.80. The van der Waals surface area contributed by atoms with E-state index in [1.165, 1.54) is 16.4 Å². The van der Waals surface area contributed by atoms with Crippen LogP contribution in [0.5, 0.6) is 0 Å². The Morgan fingerprint density at radius 2 is 1.96 bits per heavy atom. The van der Waals surface area contributed by atoms with E-state index in [1.807, 2.05) is 12.1 Å². The lowest BCUT2D eigenvalue weighted by Crippen LogP contribution is -2.17. The molecule has 3 rings (SSSR count). The second-order valence-electron chi connectivity index (χ2n) is 5.65. The number of amides is 2. The van der Waals surface area contributed by atoms with Crippen LogP contribution in [0.25, 0.3) is 11.4 Å². The molecule has 146 valence electrons. The summed E-state index contributed by atoms with van der Waals surface area (Å²) in [7, 11) is 0. The first-order valence-corrected chi connectivity index (χ1v) is 10.1. The largest absolute Gasteiger partial charge is 0.469 e. The molecule has 0 unspecified atom stereocenters. The van der Waals surface area contributed by atoms with Crippen LogP contribution in [-0.2, 0) is 9.59 Å². The number of para-hydroxylation sites is 1. The number of nitrogen functional groups attached to an aromatic ring is 1. The number of furan rings is 1. The highest BCUT2D eigenvalue weighted by molar-refractivity contribution is 8.00. The van der Waals surface area contributed by atoms with Crippen molar-refractivity contribution in [2.24, 2.45) is 5.73 Å². The number of thioether (sulfide) groups is 2. The summed E-state index contributed by atoms with van der Waals surface area (Å²) in [5.41, 5.74) is 6.54. The number of aromatic nitrogens is 3. The molecule has 0 aliphatic carbocycles. The van der Waals surface area contributed by atoms with Gasteiger partial charge in [0, 0.05) is 4.90 Å². The van der Waals surface area contributed by atoms with Crippen LogP contribution in [0.4, 0.5) is 5.69 Å². The Bertz CT molecular complexity index is 1000. The summed E-state index contributed by atoms with van der Waals surface area (Å²) in [5, 5.41) is 11.3. The number of nitrogens with one attached hydrogen (secondary N) is 1. The number of anilines is 1. The van der Waals surface area contributed by atoms with Gasteiger partial charge < -0.3 is 21.3 Å². The molecule has 5 N–H and O–H groups in total. The molecular formula is C17H18N6O3S2. The molecule has 3 aromatic rings. The normalized spacial score (nSPS) is 10.8. The van der Waals surface area contributed by atoms with Crippen LogP contribution in [0.1, 0.15) is 5.76 Å². The number of hydrogen-bond donors (Lipinski definition) is 3. The highest BCUT2D eigenvalue weighted by Gasteiger charge is 2.17. The van der Waals surface area contributed by atoms with E-state index in [9.17, 15) is 9.59 Å². The summed E-state index contributed by atoms with van der Waals surface area (Å²) >= 11 is 2.43. The smallest absolute Gasteiger partial charge is 0.234 e. The van der Waals surface area contributed by atoms with Gasteiger partial charge in [0.1, 0.15) is 5.76 Å². The van der Waals surface area contributed by atoms with E-state index >= 15 is 0 Å². The van der Waals surface area contributed by atoms with Gasteiger partial charge in [-0.1, -0.05) is 23.9 Å². The van der Waals surface area contributed by atoms with Crippen molar-refractivity contribution in [3.05, 3.63) is 42.4 Å². The van der Waals surface area contributed by atoms with Gasteiger partial charge >= 0.3 is 0 Å². The number of rotatable bonds is 8. The highest BCUT2D eigenvalue weighted by atomic mass is 32.2. The summed E-state index contributed by atoms with van der Waals surface area (Å²) in [4.78, 5) is 24.1. The van der Waals surface area contributed by atoms with Crippen molar-refractivity contribution >= 4 is 41.0 Å². The van der Waals surface area contributed by atoms with Gasteiger partial charge in [-0.25, -0.2) is 4.68 Å². The molecule has 0 spiro atoms. The molecule has 0 aliphatic rings. The van der Waals surface area contributed by atoms with E-state index in [4.69, 9.17) is 16.0 Å². The third-order valence-electron chi connectivity index (χ3n) is 3.63. The average molecular weight is 419 g/mol. The number of primary amides is 1. The van der Waals surface area contributed by atoms with Crippen LogP contribution in [0.3, 0.4) is 0 Å². The molecule has 9 nitrogen and oxygen atoms in total. The van der Waals surface area contributed by atoms with E-state index in [0.29, 0.717) is 22.4 Å². The Kier molecular flexibility index (Phi) is 6.26. The van der Waals surface area contributed by atoms with Gasteiger partial charge in [-0.15, -0.1) is 22.0 Å². The minimum Gasteiger partial charge on any atom is -0.469 e. The molecule has 28 heavy (non-hydrogen) atoms. The zero-order valence-corrected chi connectivity index (χ0v) is 16.5. The number of nitrogens with two attached hydrogens (primary N) is 2. The van der Waals surface area contributed by atoms with E-state index in [-0.39, 0.29) is 17.4 Å². The van der Waals surface area contributed by atoms with Crippen molar-refractivity contribution in [1.82, 2.24) is 14.9 Å². The molecule has 11 heteroatoms. The predicted octanol–water partition coefficient (Wildman–Crippen LogP) is 1.87. The molecule has 2 aromatic heterocycles. The fourth-order valence-electron chi connectivity index (χ4n) is 2.34. The van der Waals surface area contributed by atoms with Gasteiger partial charge in [-0.3, -0.25) is 9.59 Å². The lowest BCUT2D eigenvalue weighted by Gasteiger charge is -2.10. The SMILES string of the molecule is Cc1occc1-c1nnc(SCC(=O)Nc2ccccc2SCC(N)=O)n1N. The fraction of sp³-hybridized carbons (Fsp3) is 0.176. The van der Waals surface area contributed by atoms with E-state index in [0.717, 1.165) is 22.2 Å². The van der Waals surface area contributed by atoms with E-state index in [1.54, 1.807) is 31.4 Å². The molecule has 1 aromatic carbocycles. The molecular weight excluding hydrogens is 400 g/mol. The van der Waals surface area contributed by atoms with Crippen LogP contribution in [0.15, 0.2) is 51.1 Å². The number of carbonyl (C=O) groups excluding carboxylic acids is 2. The summed E-state index contributed by atoms with van der Waals surface area (Å²) in [6, 6.07) is 8.95. The monoisotopic (exact) mass is 418 g/mol. The molecule has 2 amide bonds. The number of benzene rings is 1. The predicted molar refractivity (Wildman–Crippen MR) is 108 cm³/mol. The van der Waals surface area contributed by atoms with Crippen LogP contribution in [0, 0.1) is 6.92 Å². The van der Waals surface area contributed by atoms with Crippen molar-refractivity contribution in [1.29, 1.82) is 0 Å². The second-order valence-corrected chi connectivity index (χ2v) is 7.61. The maximum Gasteiger partial charge on any atom is 0.234 e. The summed E-state index contributed by atoms with van der Waals surface area (Å²) in [6.07, 6.45) is 1.55. The van der Waals surface area contributed by atoms with Crippen LogP contribution in [0.2, 0.25) is 0 Å². The van der Waals surface area contributed by atoms with Gasteiger partial charge in [-0.2, -0.15) is 0 Å². The van der Waals surface area contributed by atoms with E-state index < -0.39 is 5.91 Å². The molecule has 0 fully saturated rings. The molecule has 0 bridgehead atoms. The van der Waals surface area contributed by atoms with Crippen LogP contribution < -0.4 is 16.9 Å². The molecule has 0 saturated heterocycles. The first kappa shape index (κ1) is 19.8. The number of hydrogen-bond acceptors (Lipinski definition) is 8. The third-order valence-corrected chi connectivity index (χ3v) is 5.67. The number of nitrogens with zero attached hydrogens (tertiary/aromatic N) is 3. The Balaban J connectivity index is 1.62. The summed E-state index contributed by atoms with van der Waals surface area (Å²) in [5.74, 6) is 6.75. The van der Waals surface area contributed by atoms with Crippen LogP contribution >= 0.6 is 23.5 Å². The topological polar surface area (TPSA) is 142 Å².